The molecule has 5 rings (SSSR count). The Hall–Kier alpha value is -3.22. The third kappa shape index (κ3) is 4.81. The van der Waals surface area contributed by atoms with Crippen LogP contribution in [0, 0.1) is 5.92 Å². The zero-order chi connectivity index (χ0) is 24.6. The Bertz CT molecular complexity index is 1160. The van der Waals surface area contributed by atoms with E-state index in [4.69, 9.17) is 9.47 Å². The number of likely N-dealkylation sites (tertiary alicyclic amines) is 1. The minimum Gasteiger partial charge on any atom is -0.508 e. The minimum atomic E-state index is -1.27. The van der Waals surface area contributed by atoms with Gasteiger partial charge >= 0.3 is 0 Å². The zero-order valence-electron chi connectivity index (χ0n) is 20.2. The van der Waals surface area contributed by atoms with Crippen molar-refractivity contribution in [2.45, 2.75) is 37.9 Å². The lowest BCUT2D eigenvalue weighted by molar-refractivity contribution is -0.0426. The average molecular weight is 476 g/mol. The number of rotatable bonds is 6. The number of phenolic OH excluding ortho intramolecular Hbond substituents is 2. The maximum atomic E-state index is 11.8. The molecule has 3 aromatic rings. The molecule has 0 saturated carbocycles. The average Bonchev–Trinajstić information content (AvgIpc) is 3.24. The van der Waals surface area contributed by atoms with E-state index in [0.29, 0.717) is 17.9 Å². The SMILES string of the molecule is C[C@@H]1CCN(CCOc2ccc(C3Oc4cc(O)ccc4C(C)(O)C3c3ccc(O)cc3)cc2)C1. The Labute approximate surface area is 206 Å². The van der Waals surface area contributed by atoms with Crippen LogP contribution in [0.4, 0.5) is 0 Å². The molecule has 1 fully saturated rings. The number of nitrogens with zero attached hydrogens (tertiary/aromatic N) is 1. The van der Waals surface area contributed by atoms with Crippen LogP contribution in [0.15, 0.2) is 66.7 Å². The molecule has 6 nitrogen and oxygen atoms in total. The van der Waals surface area contributed by atoms with Crippen molar-refractivity contribution in [3.8, 4) is 23.0 Å². The molecule has 4 atom stereocenters. The molecule has 0 aliphatic carbocycles. The predicted octanol–water partition coefficient (Wildman–Crippen LogP) is 4.94. The molecule has 0 spiro atoms. The largest absolute Gasteiger partial charge is 0.508 e. The number of fused-ring (bicyclic) bond motifs is 1. The first-order chi connectivity index (χ1) is 16.8. The standard InChI is InChI=1S/C29H33NO5/c1-19-13-14-30(18-19)15-16-34-24-10-5-21(6-11-24)28-27(20-3-7-22(31)8-4-20)29(2,33)25-12-9-23(32)17-26(25)35-28/h3-12,17,19,27-28,31-33H,13-16,18H2,1-2H3/t19-,27?,28?,29?/m1/s1. The molecule has 2 aliphatic rings. The molecule has 2 aliphatic heterocycles. The van der Waals surface area contributed by atoms with E-state index in [-0.39, 0.29) is 11.5 Å². The highest BCUT2D eigenvalue weighted by atomic mass is 16.5. The summed E-state index contributed by atoms with van der Waals surface area (Å²) < 4.78 is 12.4. The van der Waals surface area contributed by atoms with Gasteiger partial charge < -0.3 is 24.8 Å². The van der Waals surface area contributed by atoms with Crippen molar-refractivity contribution in [1.82, 2.24) is 4.90 Å². The molecule has 0 radical (unpaired) electrons. The monoisotopic (exact) mass is 475 g/mol. The quantitative estimate of drug-likeness (QED) is 0.468. The zero-order valence-corrected chi connectivity index (χ0v) is 20.2. The van der Waals surface area contributed by atoms with Gasteiger partial charge in [0.25, 0.3) is 0 Å². The Morgan fingerprint density at radius 1 is 0.971 bits per heavy atom. The summed E-state index contributed by atoms with van der Waals surface area (Å²) in [5.74, 6) is 1.81. The third-order valence-corrected chi connectivity index (χ3v) is 7.32. The molecule has 0 amide bonds. The van der Waals surface area contributed by atoms with Crippen LogP contribution in [-0.4, -0.2) is 46.5 Å². The number of benzene rings is 3. The Morgan fingerprint density at radius 3 is 2.34 bits per heavy atom. The summed E-state index contributed by atoms with van der Waals surface area (Å²) in [6, 6.07) is 19.5. The van der Waals surface area contributed by atoms with Crippen LogP contribution in [-0.2, 0) is 5.60 Å². The number of aromatic hydroxyl groups is 2. The van der Waals surface area contributed by atoms with Crippen molar-refractivity contribution in [2.24, 2.45) is 5.92 Å². The summed E-state index contributed by atoms with van der Waals surface area (Å²) in [5, 5.41) is 31.6. The van der Waals surface area contributed by atoms with Crippen LogP contribution in [0.5, 0.6) is 23.0 Å². The third-order valence-electron chi connectivity index (χ3n) is 7.32. The van der Waals surface area contributed by atoms with Gasteiger partial charge in [-0.1, -0.05) is 31.2 Å². The summed E-state index contributed by atoms with van der Waals surface area (Å²) in [6.45, 7) is 7.89. The van der Waals surface area contributed by atoms with E-state index in [2.05, 4.69) is 11.8 Å². The normalized spacial score (nSPS) is 26.2. The molecule has 3 aromatic carbocycles. The molecule has 3 N–H and O–H groups in total. The topological polar surface area (TPSA) is 82.4 Å². The number of hydrogen-bond donors (Lipinski definition) is 3. The lowest BCUT2D eigenvalue weighted by atomic mass is 9.71. The molecular formula is C29H33NO5. The number of ether oxygens (including phenoxy) is 2. The highest BCUT2D eigenvalue weighted by molar-refractivity contribution is 5.49. The van der Waals surface area contributed by atoms with Crippen molar-refractivity contribution in [3.63, 3.8) is 0 Å². The first-order valence-corrected chi connectivity index (χ1v) is 12.3. The molecule has 0 bridgehead atoms. The van der Waals surface area contributed by atoms with Gasteiger partial charge in [-0.15, -0.1) is 0 Å². The molecule has 2 heterocycles. The fourth-order valence-corrected chi connectivity index (χ4v) is 5.41. The second-order valence-corrected chi connectivity index (χ2v) is 10.0. The molecule has 3 unspecified atom stereocenters. The van der Waals surface area contributed by atoms with Crippen LogP contribution in [0.3, 0.4) is 0 Å². The van der Waals surface area contributed by atoms with Crippen LogP contribution < -0.4 is 9.47 Å². The van der Waals surface area contributed by atoms with E-state index in [1.54, 1.807) is 37.3 Å². The number of aliphatic hydroxyl groups is 1. The van der Waals surface area contributed by atoms with Crippen molar-refractivity contribution >= 4 is 0 Å². The van der Waals surface area contributed by atoms with E-state index in [1.807, 2.05) is 36.4 Å². The van der Waals surface area contributed by atoms with E-state index in [9.17, 15) is 15.3 Å². The van der Waals surface area contributed by atoms with Crippen molar-refractivity contribution in [2.75, 3.05) is 26.2 Å². The lowest BCUT2D eigenvalue weighted by Gasteiger charge is -2.44. The molecule has 184 valence electrons. The summed E-state index contributed by atoms with van der Waals surface area (Å²) in [5.41, 5.74) is 1.07. The predicted molar refractivity (Wildman–Crippen MR) is 134 cm³/mol. The van der Waals surface area contributed by atoms with Crippen LogP contribution >= 0.6 is 0 Å². The van der Waals surface area contributed by atoms with Crippen molar-refractivity contribution in [3.05, 3.63) is 83.4 Å². The van der Waals surface area contributed by atoms with Gasteiger partial charge in [-0.3, -0.25) is 4.90 Å². The van der Waals surface area contributed by atoms with Gasteiger partial charge in [0.05, 0.1) is 5.92 Å². The first kappa shape index (κ1) is 23.5. The van der Waals surface area contributed by atoms with Crippen molar-refractivity contribution < 1.29 is 24.8 Å². The van der Waals surface area contributed by atoms with Crippen LogP contribution in [0.25, 0.3) is 0 Å². The summed E-state index contributed by atoms with van der Waals surface area (Å²) >= 11 is 0. The van der Waals surface area contributed by atoms with E-state index >= 15 is 0 Å². The van der Waals surface area contributed by atoms with E-state index < -0.39 is 17.6 Å². The molecular weight excluding hydrogens is 442 g/mol. The van der Waals surface area contributed by atoms with E-state index in [1.165, 1.54) is 6.42 Å². The van der Waals surface area contributed by atoms with Crippen molar-refractivity contribution in [1.29, 1.82) is 0 Å². The van der Waals surface area contributed by atoms with Crippen LogP contribution in [0.2, 0.25) is 0 Å². The van der Waals surface area contributed by atoms with Gasteiger partial charge in [0, 0.05) is 24.7 Å². The summed E-state index contributed by atoms with van der Waals surface area (Å²) in [7, 11) is 0. The Morgan fingerprint density at radius 2 is 1.66 bits per heavy atom. The lowest BCUT2D eigenvalue weighted by Crippen LogP contribution is -2.40. The minimum absolute atomic E-state index is 0.0810. The van der Waals surface area contributed by atoms with Gasteiger partial charge in [0.15, 0.2) is 0 Å². The fourth-order valence-electron chi connectivity index (χ4n) is 5.41. The smallest absolute Gasteiger partial charge is 0.134 e. The Kier molecular flexibility index (Phi) is 6.34. The Balaban J connectivity index is 1.40. The second-order valence-electron chi connectivity index (χ2n) is 10.0. The molecule has 0 aromatic heterocycles. The molecule has 1 saturated heterocycles. The van der Waals surface area contributed by atoms with Gasteiger partial charge in [0.1, 0.15) is 41.3 Å². The van der Waals surface area contributed by atoms with Gasteiger partial charge in [-0.2, -0.15) is 0 Å². The van der Waals surface area contributed by atoms with Crippen LogP contribution in [0.1, 0.15) is 49.0 Å². The maximum Gasteiger partial charge on any atom is 0.134 e. The number of hydrogen-bond acceptors (Lipinski definition) is 6. The highest BCUT2D eigenvalue weighted by Crippen LogP contribution is 2.54. The first-order valence-electron chi connectivity index (χ1n) is 12.3. The van der Waals surface area contributed by atoms with Gasteiger partial charge in [0.2, 0.25) is 0 Å². The summed E-state index contributed by atoms with van der Waals surface area (Å²) in [6.07, 6.45) is 0.743. The second kappa shape index (κ2) is 9.44. The molecule has 6 heteroatoms. The maximum absolute atomic E-state index is 11.8. The molecule has 35 heavy (non-hydrogen) atoms. The summed E-state index contributed by atoms with van der Waals surface area (Å²) in [4.78, 5) is 2.44. The fraction of sp³-hybridized carbons (Fsp3) is 0.379. The highest BCUT2D eigenvalue weighted by Gasteiger charge is 2.47. The van der Waals surface area contributed by atoms with Gasteiger partial charge in [-0.05, 0) is 73.3 Å². The van der Waals surface area contributed by atoms with E-state index in [0.717, 1.165) is 42.4 Å². The van der Waals surface area contributed by atoms with Gasteiger partial charge in [-0.25, -0.2) is 0 Å². The number of phenols is 2.